The zero-order valence-electron chi connectivity index (χ0n) is 8.01. The minimum atomic E-state index is -1.83. The summed E-state index contributed by atoms with van der Waals surface area (Å²) in [6.07, 6.45) is 2.76. The maximum atomic E-state index is 13.2. The number of carbonyl (C=O) groups excluding carboxylic acids is 1. The minimum absolute atomic E-state index is 0.0921. The van der Waals surface area contributed by atoms with Crippen molar-refractivity contribution in [2.75, 3.05) is 12.3 Å². The minimum Gasteiger partial charge on any atom is -0.463 e. The molecule has 0 aliphatic carbocycles. The van der Waals surface area contributed by atoms with Gasteiger partial charge in [0.15, 0.2) is 5.82 Å². The van der Waals surface area contributed by atoms with Crippen LogP contribution in [0.15, 0.2) is 17.4 Å². The van der Waals surface area contributed by atoms with Gasteiger partial charge in [-0.1, -0.05) is 11.8 Å². The number of nitrogens with zero attached hydrogens (tertiary/aromatic N) is 2. The van der Waals surface area contributed by atoms with Gasteiger partial charge in [-0.05, 0) is 6.92 Å². The second-order valence-electron chi connectivity index (χ2n) is 2.43. The molecule has 1 aromatic rings. The van der Waals surface area contributed by atoms with E-state index in [1.807, 2.05) is 0 Å². The molecule has 0 fully saturated rings. The summed E-state index contributed by atoms with van der Waals surface area (Å²) in [5, 5.41) is 0.179. The van der Waals surface area contributed by atoms with Crippen molar-refractivity contribution in [3.8, 4) is 0 Å². The quantitative estimate of drug-likeness (QED) is 0.615. The average Bonchev–Trinajstić information content (AvgIpc) is 2.21. The summed E-state index contributed by atoms with van der Waals surface area (Å²) >= 11 is 0.578. The summed E-state index contributed by atoms with van der Waals surface area (Å²) in [6.45, 7) is 1.74. The summed E-state index contributed by atoms with van der Waals surface area (Å²) in [6, 6.07) is 0. The SMILES string of the molecule is CCOC(=O)C(F)Sc1nccnc1N. The highest BCUT2D eigenvalue weighted by Gasteiger charge is 2.21. The van der Waals surface area contributed by atoms with Crippen LogP contribution >= 0.6 is 11.8 Å². The molecule has 1 heterocycles. The Morgan fingerprint density at radius 3 is 2.93 bits per heavy atom. The average molecular weight is 231 g/mol. The molecule has 0 bridgehead atoms. The molecule has 0 spiro atoms. The van der Waals surface area contributed by atoms with Crippen LogP contribution in [0.2, 0.25) is 0 Å². The smallest absolute Gasteiger partial charge is 0.351 e. The van der Waals surface area contributed by atoms with Crippen molar-refractivity contribution in [2.24, 2.45) is 0 Å². The number of anilines is 1. The lowest BCUT2D eigenvalue weighted by Gasteiger charge is -2.07. The Hall–Kier alpha value is -1.37. The van der Waals surface area contributed by atoms with Crippen molar-refractivity contribution >= 4 is 23.5 Å². The predicted molar refractivity (Wildman–Crippen MR) is 53.8 cm³/mol. The molecule has 0 saturated heterocycles. The van der Waals surface area contributed by atoms with Gasteiger partial charge in [-0.3, -0.25) is 0 Å². The second kappa shape index (κ2) is 5.50. The van der Waals surface area contributed by atoms with Gasteiger partial charge >= 0.3 is 5.97 Å². The van der Waals surface area contributed by atoms with Gasteiger partial charge in [-0.15, -0.1) is 0 Å². The van der Waals surface area contributed by atoms with E-state index in [9.17, 15) is 9.18 Å². The topological polar surface area (TPSA) is 78.1 Å². The first-order chi connectivity index (χ1) is 7.15. The number of esters is 1. The highest BCUT2D eigenvalue weighted by atomic mass is 32.2. The number of carbonyl (C=O) groups is 1. The zero-order chi connectivity index (χ0) is 11.3. The highest BCUT2D eigenvalue weighted by molar-refractivity contribution is 8.00. The number of hydrogen-bond donors (Lipinski definition) is 1. The van der Waals surface area contributed by atoms with Crippen molar-refractivity contribution in [3.63, 3.8) is 0 Å². The molecule has 1 unspecified atom stereocenters. The van der Waals surface area contributed by atoms with Crippen LogP contribution < -0.4 is 5.73 Å². The first kappa shape index (κ1) is 11.7. The lowest BCUT2D eigenvalue weighted by molar-refractivity contribution is -0.145. The lowest BCUT2D eigenvalue weighted by atomic mass is 10.7. The van der Waals surface area contributed by atoms with Crippen molar-refractivity contribution in [1.29, 1.82) is 0 Å². The van der Waals surface area contributed by atoms with Crippen LogP contribution in [0.3, 0.4) is 0 Å². The molecule has 0 saturated carbocycles. The fraction of sp³-hybridized carbons (Fsp3) is 0.375. The summed E-state index contributed by atoms with van der Waals surface area (Å²) in [5.41, 5.74) is 3.60. The standard InChI is InChI=1S/C8H10FN3O2S/c1-2-14-8(13)5(9)15-7-6(10)11-3-4-12-7/h3-5H,2H2,1H3,(H2,10,11). The predicted octanol–water partition coefficient (Wildman–Crippen LogP) is 1.01. The van der Waals surface area contributed by atoms with E-state index in [2.05, 4.69) is 14.7 Å². The van der Waals surface area contributed by atoms with Gasteiger partial charge in [0.05, 0.1) is 6.61 Å². The van der Waals surface area contributed by atoms with E-state index >= 15 is 0 Å². The molecule has 15 heavy (non-hydrogen) atoms. The van der Waals surface area contributed by atoms with E-state index in [-0.39, 0.29) is 17.5 Å². The van der Waals surface area contributed by atoms with Crippen LogP contribution in [-0.4, -0.2) is 28.0 Å². The molecule has 1 aromatic heterocycles. The second-order valence-corrected chi connectivity index (χ2v) is 3.47. The molecule has 0 radical (unpaired) electrons. The zero-order valence-corrected chi connectivity index (χ0v) is 8.83. The van der Waals surface area contributed by atoms with Crippen LogP contribution in [0.4, 0.5) is 10.2 Å². The van der Waals surface area contributed by atoms with Gasteiger partial charge in [0.2, 0.25) is 5.50 Å². The van der Waals surface area contributed by atoms with Gasteiger partial charge in [-0.25, -0.2) is 19.2 Å². The first-order valence-electron chi connectivity index (χ1n) is 4.19. The fourth-order valence-electron chi connectivity index (χ4n) is 0.781. The van der Waals surface area contributed by atoms with E-state index in [0.717, 1.165) is 0 Å². The molecule has 1 rings (SSSR count). The third-order valence-electron chi connectivity index (χ3n) is 1.38. The van der Waals surface area contributed by atoms with Crippen LogP contribution in [0.25, 0.3) is 0 Å². The third kappa shape index (κ3) is 3.35. The lowest BCUT2D eigenvalue weighted by Crippen LogP contribution is -2.16. The summed E-state index contributed by atoms with van der Waals surface area (Å²) < 4.78 is 17.7. The molecule has 0 aliphatic heterocycles. The number of rotatable bonds is 4. The molecule has 82 valence electrons. The van der Waals surface area contributed by atoms with E-state index in [1.54, 1.807) is 6.92 Å². The van der Waals surface area contributed by atoms with Gasteiger partial charge < -0.3 is 10.5 Å². The van der Waals surface area contributed by atoms with Crippen LogP contribution in [0, 0.1) is 0 Å². The normalized spacial score (nSPS) is 12.1. The Morgan fingerprint density at radius 2 is 2.33 bits per heavy atom. The number of alkyl halides is 1. The molecule has 0 aliphatic rings. The Kier molecular flexibility index (Phi) is 4.29. The van der Waals surface area contributed by atoms with Crippen molar-refractivity contribution in [2.45, 2.75) is 17.5 Å². The van der Waals surface area contributed by atoms with Gasteiger partial charge in [0.1, 0.15) is 5.03 Å². The van der Waals surface area contributed by atoms with Crippen molar-refractivity contribution in [3.05, 3.63) is 12.4 Å². The van der Waals surface area contributed by atoms with Crippen LogP contribution in [0.1, 0.15) is 6.92 Å². The number of aromatic nitrogens is 2. The largest absolute Gasteiger partial charge is 0.463 e. The number of nitrogens with two attached hydrogens (primary N) is 1. The van der Waals surface area contributed by atoms with E-state index < -0.39 is 11.5 Å². The summed E-state index contributed by atoms with van der Waals surface area (Å²) in [7, 11) is 0. The molecule has 1 atom stereocenters. The number of halogens is 1. The van der Waals surface area contributed by atoms with Crippen molar-refractivity contribution < 1.29 is 13.9 Å². The maximum Gasteiger partial charge on any atom is 0.351 e. The molecule has 7 heteroatoms. The first-order valence-corrected chi connectivity index (χ1v) is 5.07. The van der Waals surface area contributed by atoms with Gasteiger partial charge in [0.25, 0.3) is 0 Å². The van der Waals surface area contributed by atoms with E-state index in [0.29, 0.717) is 11.8 Å². The van der Waals surface area contributed by atoms with Gasteiger partial charge in [-0.2, -0.15) is 0 Å². The highest BCUT2D eigenvalue weighted by Crippen LogP contribution is 2.26. The summed E-state index contributed by atoms with van der Waals surface area (Å²) in [4.78, 5) is 18.5. The van der Waals surface area contributed by atoms with Crippen molar-refractivity contribution in [1.82, 2.24) is 9.97 Å². The summed E-state index contributed by atoms with van der Waals surface area (Å²) in [5.74, 6) is -0.845. The monoisotopic (exact) mass is 231 g/mol. The number of ether oxygens (including phenoxy) is 1. The third-order valence-corrected chi connectivity index (χ3v) is 2.32. The molecule has 0 aromatic carbocycles. The number of thioether (sulfide) groups is 1. The number of nitrogen functional groups attached to an aromatic ring is 1. The van der Waals surface area contributed by atoms with Crippen LogP contribution in [-0.2, 0) is 9.53 Å². The van der Waals surface area contributed by atoms with Gasteiger partial charge in [0, 0.05) is 12.4 Å². The molecular formula is C8H10FN3O2S. The Bertz CT molecular complexity index is 350. The molecule has 5 nitrogen and oxygen atoms in total. The van der Waals surface area contributed by atoms with E-state index in [4.69, 9.17) is 5.73 Å². The Balaban J connectivity index is 2.62. The Morgan fingerprint density at radius 1 is 1.67 bits per heavy atom. The molecular weight excluding hydrogens is 221 g/mol. The number of hydrogen-bond acceptors (Lipinski definition) is 6. The fourth-order valence-corrected chi connectivity index (χ4v) is 1.44. The van der Waals surface area contributed by atoms with Crippen LogP contribution in [0.5, 0.6) is 0 Å². The maximum absolute atomic E-state index is 13.2. The Labute approximate surface area is 90.2 Å². The molecule has 0 amide bonds. The molecule has 2 N–H and O–H groups in total. The van der Waals surface area contributed by atoms with E-state index in [1.165, 1.54) is 12.4 Å².